The van der Waals surface area contributed by atoms with Crippen molar-refractivity contribution < 1.29 is 9.53 Å². The first-order chi connectivity index (χ1) is 8.26. The summed E-state index contributed by atoms with van der Waals surface area (Å²) in [6.45, 7) is 3.39. The zero-order valence-electron chi connectivity index (χ0n) is 10.7. The zero-order chi connectivity index (χ0) is 12.3. The van der Waals surface area contributed by atoms with Crippen molar-refractivity contribution in [3.8, 4) is 0 Å². The molecule has 0 aromatic heterocycles. The van der Waals surface area contributed by atoms with E-state index in [1.807, 2.05) is 4.90 Å². The van der Waals surface area contributed by atoms with Crippen LogP contribution in [0.25, 0.3) is 0 Å². The molecule has 2 atom stereocenters. The lowest BCUT2D eigenvalue weighted by Crippen LogP contribution is -2.44. The molecule has 1 saturated carbocycles. The largest absolute Gasteiger partial charge is 0.364 e. The van der Waals surface area contributed by atoms with Crippen LogP contribution in [0.4, 0.5) is 0 Å². The van der Waals surface area contributed by atoms with Gasteiger partial charge in [0.25, 0.3) is 5.91 Å². The summed E-state index contributed by atoms with van der Waals surface area (Å²) >= 11 is 0. The molecule has 1 saturated heterocycles. The van der Waals surface area contributed by atoms with Crippen LogP contribution in [0.2, 0.25) is 0 Å². The minimum Gasteiger partial charge on any atom is -0.364 e. The van der Waals surface area contributed by atoms with Gasteiger partial charge >= 0.3 is 0 Å². The summed E-state index contributed by atoms with van der Waals surface area (Å²) in [5.41, 5.74) is 5.58. The molecule has 17 heavy (non-hydrogen) atoms. The molecule has 98 valence electrons. The van der Waals surface area contributed by atoms with Crippen LogP contribution in [0.3, 0.4) is 0 Å². The molecule has 0 aromatic rings. The summed E-state index contributed by atoms with van der Waals surface area (Å²) in [5.74, 6) is 0.190. The van der Waals surface area contributed by atoms with Gasteiger partial charge < -0.3 is 15.4 Å². The molecule has 0 bridgehead atoms. The van der Waals surface area contributed by atoms with Gasteiger partial charge in [-0.05, 0) is 32.6 Å². The Labute approximate surface area is 103 Å². The lowest BCUT2D eigenvalue weighted by Gasteiger charge is -2.30. The second-order valence-corrected chi connectivity index (χ2v) is 5.12. The molecule has 1 aliphatic carbocycles. The van der Waals surface area contributed by atoms with E-state index in [1.54, 1.807) is 0 Å². The van der Waals surface area contributed by atoms with Crippen molar-refractivity contribution in [3.05, 3.63) is 0 Å². The van der Waals surface area contributed by atoms with E-state index < -0.39 is 0 Å². The predicted octanol–water partition coefficient (Wildman–Crippen LogP) is 1.28. The Morgan fingerprint density at radius 3 is 2.53 bits per heavy atom. The highest BCUT2D eigenvalue weighted by atomic mass is 16.5. The van der Waals surface area contributed by atoms with Gasteiger partial charge in [0.1, 0.15) is 6.10 Å². The van der Waals surface area contributed by atoms with E-state index in [-0.39, 0.29) is 18.1 Å². The Hall–Kier alpha value is -0.610. The summed E-state index contributed by atoms with van der Waals surface area (Å²) in [6, 6.07) is 0.452. The standard InChI is InChI=1S/C13H24N2O2/c1-2-15(10-5-3-4-6-10)13(16)12-8-7-11(9-14)17-12/h10-12H,2-9,14H2,1H3/t11-,12+/m1/s1. The molecule has 1 aliphatic heterocycles. The molecule has 4 nitrogen and oxygen atoms in total. The molecule has 2 aliphatic rings. The molecule has 0 unspecified atom stereocenters. The van der Waals surface area contributed by atoms with Gasteiger partial charge in [-0.25, -0.2) is 0 Å². The highest BCUT2D eigenvalue weighted by Crippen LogP contribution is 2.27. The fraction of sp³-hybridized carbons (Fsp3) is 0.923. The number of rotatable bonds is 4. The Kier molecular flexibility index (Phi) is 4.40. The van der Waals surface area contributed by atoms with Gasteiger partial charge in [0.05, 0.1) is 6.10 Å². The molecule has 1 amide bonds. The molecular formula is C13H24N2O2. The molecule has 2 N–H and O–H groups in total. The Morgan fingerprint density at radius 1 is 1.29 bits per heavy atom. The van der Waals surface area contributed by atoms with E-state index in [2.05, 4.69) is 6.92 Å². The van der Waals surface area contributed by atoms with Crippen LogP contribution in [0.1, 0.15) is 45.4 Å². The number of amides is 1. The maximum absolute atomic E-state index is 12.4. The fourth-order valence-electron chi connectivity index (χ4n) is 3.06. The number of nitrogens with zero attached hydrogens (tertiary/aromatic N) is 1. The lowest BCUT2D eigenvalue weighted by atomic mass is 10.1. The highest BCUT2D eigenvalue weighted by molar-refractivity contribution is 5.81. The van der Waals surface area contributed by atoms with Crippen molar-refractivity contribution in [2.75, 3.05) is 13.1 Å². The number of hydrogen-bond donors (Lipinski definition) is 1. The molecule has 2 rings (SSSR count). The van der Waals surface area contributed by atoms with E-state index in [0.29, 0.717) is 12.6 Å². The lowest BCUT2D eigenvalue weighted by molar-refractivity contribution is -0.144. The van der Waals surface area contributed by atoms with Crippen molar-refractivity contribution in [1.29, 1.82) is 0 Å². The molecule has 4 heteroatoms. The van der Waals surface area contributed by atoms with Crippen LogP contribution < -0.4 is 5.73 Å². The minimum absolute atomic E-state index is 0.0891. The number of carbonyl (C=O) groups is 1. The minimum atomic E-state index is -0.232. The van der Waals surface area contributed by atoms with E-state index in [9.17, 15) is 4.79 Å². The van der Waals surface area contributed by atoms with E-state index >= 15 is 0 Å². The van der Waals surface area contributed by atoms with E-state index in [1.165, 1.54) is 12.8 Å². The Balaban J connectivity index is 1.92. The molecule has 0 radical (unpaired) electrons. The van der Waals surface area contributed by atoms with Crippen molar-refractivity contribution in [1.82, 2.24) is 4.90 Å². The Morgan fingerprint density at radius 2 is 2.00 bits per heavy atom. The molecule has 0 spiro atoms. The maximum atomic E-state index is 12.4. The van der Waals surface area contributed by atoms with Crippen LogP contribution in [0.15, 0.2) is 0 Å². The average Bonchev–Trinajstić information content (AvgIpc) is 3.00. The van der Waals surface area contributed by atoms with Gasteiger partial charge in [-0.1, -0.05) is 12.8 Å². The number of nitrogens with two attached hydrogens (primary N) is 1. The van der Waals surface area contributed by atoms with E-state index in [0.717, 1.165) is 32.2 Å². The number of likely N-dealkylation sites (N-methyl/N-ethyl adjacent to an activating group) is 1. The summed E-state index contributed by atoms with van der Waals surface area (Å²) in [4.78, 5) is 14.4. The third-order valence-electron chi connectivity index (χ3n) is 4.04. The van der Waals surface area contributed by atoms with Crippen molar-refractivity contribution >= 4 is 5.91 Å². The van der Waals surface area contributed by atoms with Crippen LogP contribution in [-0.4, -0.2) is 42.1 Å². The highest BCUT2D eigenvalue weighted by Gasteiger charge is 2.35. The first-order valence-electron chi connectivity index (χ1n) is 6.92. The van der Waals surface area contributed by atoms with Gasteiger partial charge in [-0.15, -0.1) is 0 Å². The monoisotopic (exact) mass is 240 g/mol. The van der Waals surface area contributed by atoms with Gasteiger partial charge in [0, 0.05) is 19.1 Å². The van der Waals surface area contributed by atoms with Gasteiger partial charge in [0.15, 0.2) is 0 Å². The number of carbonyl (C=O) groups excluding carboxylic acids is 1. The van der Waals surface area contributed by atoms with E-state index in [4.69, 9.17) is 10.5 Å². The zero-order valence-corrected chi connectivity index (χ0v) is 10.7. The van der Waals surface area contributed by atoms with Gasteiger partial charge in [-0.2, -0.15) is 0 Å². The van der Waals surface area contributed by atoms with Gasteiger partial charge in [-0.3, -0.25) is 4.79 Å². The molecule has 1 heterocycles. The van der Waals surface area contributed by atoms with Gasteiger partial charge in [0.2, 0.25) is 0 Å². The van der Waals surface area contributed by atoms with Crippen molar-refractivity contribution in [2.24, 2.45) is 5.73 Å². The third kappa shape index (κ3) is 2.80. The SMILES string of the molecule is CCN(C(=O)[C@@H]1CC[C@H](CN)O1)C1CCCC1. The van der Waals surface area contributed by atoms with Crippen LogP contribution >= 0.6 is 0 Å². The maximum Gasteiger partial charge on any atom is 0.251 e. The second kappa shape index (κ2) is 5.83. The second-order valence-electron chi connectivity index (χ2n) is 5.12. The average molecular weight is 240 g/mol. The Bertz CT molecular complexity index is 264. The summed E-state index contributed by atoms with van der Waals surface area (Å²) in [7, 11) is 0. The normalized spacial score (nSPS) is 29.8. The number of ether oxygens (including phenoxy) is 1. The first-order valence-corrected chi connectivity index (χ1v) is 6.92. The van der Waals surface area contributed by atoms with Crippen LogP contribution in [0.5, 0.6) is 0 Å². The summed E-state index contributed by atoms with van der Waals surface area (Å²) in [6.07, 6.45) is 6.45. The third-order valence-corrected chi connectivity index (χ3v) is 4.04. The summed E-state index contributed by atoms with van der Waals surface area (Å²) in [5, 5.41) is 0. The molecular weight excluding hydrogens is 216 g/mol. The predicted molar refractivity (Wildman–Crippen MR) is 66.6 cm³/mol. The van der Waals surface area contributed by atoms with Crippen LogP contribution in [-0.2, 0) is 9.53 Å². The topological polar surface area (TPSA) is 55.6 Å². The fourth-order valence-corrected chi connectivity index (χ4v) is 3.06. The first kappa shape index (κ1) is 12.8. The van der Waals surface area contributed by atoms with Crippen molar-refractivity contribution in [2.45, 2.75) is 63.7 Å². The molecule has 2 fully saturated rings. The van der Waals surface area contributed by atoms with Crippen molar-refractivity contribution in [3.63, 3.8) is 0 Å². The smallest absolute Gasteiger partial charge is 0.251 e. The summed E-state index contributed by atoms with van der Waals surface area (Å²) < 4.78 is 5.70. The molecule has 0 aromatic carbocycles. The van der Waals surface area contributed by atoms with Crippen LogP contribution in [0, 0.1) is 0 Å². The quantitative estimate of drug-likeness (QED) is 0.805. The number of hydrogen-bond acceptors (Lipinski definition) is 3.